The summed E-state index contributed by atoms with van der Waals surface area (Å²) in [5, 5.41) is 2.80. The fraction of sp³-hybridized carbons (Fsp3) is 0.440. The highest BCUT2D eigenvalue weighted by molar-refractivity contribution is 7.92. The van der Waals surface area contributed by atoms with Crippen LogP contribution in [0.25, 0.3) is 0 Å². The van der Waals surface area contributed by atoms with E-state index >= 15 is 0 Å². The van der Waals surface area contributed by atoms with E-state index in [-0.39, 0.29) is 43.6 Å². The molecule has 1 atom stereocenters. The zero-order valence-corrected chi connectivity index (χ0v) is 21.1. The first-order valence-corrected chi connectivity index (χ1v) is 13.2. The van der Waals surface area contributed by atoms with E-state index in [9.17, 15) is 22.4 Å². The van der Waals surface area contributed by atoms with Crippen LogP contribution >= 0.6 is 0 Å². The van der Waals surface area contributed by atoms with Crippen LogP contribution in [0.2, 0.25) is 0 Å². The SMILES string of the molecule is CCCNC(=O)[C@H](C)N(Cc1ccc(F)cc1)C(=O)CCCN(c1cccc(C)c1)S(C)(=O)=O. The number of carbonyl (C=O) groups excluding carboxylic acids is 2. The van der Waals surface area contributed by atoms with Crippen LogP contribution in [0.4, 0.5) is 10.1 Å². The lowest BCUT2D eigenvalue weighted by atomic mass is 10.1. The third-order valence-corrected chi connectivity index (χ3v) is 6.62. The molecule has 0 bridgehead atoms. The van der Waals surface area contributed by atoms with Crippen molar-refractivity contribution in [2.45, 2.75) is 52.6 Å². The van der Waals surface area contributed by atoms with E-state index < -0.39 is 16.1 Å². The van der Waals surface area contributed by atoms with Gasteiger partial charge in [-0.05, 0) is 62.1 Å². The monoisotopic (exact) mass is 491 g/mol. The molecular formula is C25H34FN3O4S. The lowest BCUT2D eigenvalue weighted by Crippen LogP contribution is -2.47. The number of benzene rings is 2. The van der Waals surface area contributed by atoms with Gasteiger partial charge in [0.25, 0.3) is 0 Å². The number of carbonyl (C=O) groups is 2. The first kappa shape index (κ1) is 27.3. The van der Waals surface area contributed by atoms with Crippen LogP contribution in [0.3, 0.4) is 0 Å². The third-order valence-electron chi connectivity index (χ3n) is 5.42. The number of hydrogen-bond acceptors (Lipinski definition) is 4. The molecule has 0 fully saturated rings. The molecule has 0 aliphatic rings. The summed E-state index contributed by atoms with van der Waals surface area (Å²) < 4.78 is 39.3. The Labute approximate surface area is 202 Å². The topological polar surface area (TPSA) is 86.8 Å². The fourth-order valence-corrected chi connectivity index (χ4v) is 4.51. The van der Waals surface area contributed by atoms with Gasteiger partial charge < -0.3 is 10.2 Å². The number of halogens is 1. The van der Waals surface area contributed by atoms with E-state index in [0.29, 0.717) is 17.8 Å². The lowest BCUT2D eigenvalue weighted by molar-refractivity contribution is -0.140. The van der Waals surface area contributed by atoms with Gasteiger partial charge in [0, 0.05) is 26.1 Å². The van der Waals surface area contributed by atoms with Crippen molar-refractivity contribution in [3.63, 3.8) is 0 Å². The van der Waals surface area contributed by atoms with E-state index in [1.165, 1.54) is 21.3 Å². The van der Waals surface area contributed by atoms with Gasteiger partial charge in [-0.1, -0.05) is 31.2 Å². The zero-order valence-electron chi connectivity index (χ0n) is 20.3. The molecule has 0 saturated carbocycles. The highest BCUT2D eigenvalue weighted by Crippen LogP contribution is 2.20. The number of rotatable bonds is 12. The van der Waals surface area contributed by atoms with E-state index in [1.54, 1.807) is 37.3 Å². The Bertz CT molecular complexity index is 1070. The van der Waals surface area contributed by atoms with Gasteiger partial charge in [0.1, 0.15) is 11.9 Å². The van der Waals surface area contributed by atoms with Gasteiger partial charge in [0.15, 0.2) is 0 Å². The number of anilines is 1. The van der Waals surface area contributed by atoms with Crippen molar-refractivity contribution >= 4 is 27.5 Å². The number of hydrogen-bond donors (Lipinski definition) is 1. The smallest absolute Gasteiger partial charge is 0.242 e. The lowest BCUT2D eigenvalue weighted by Gasteiger charge is -2.29. The highest BCUT2D eigenvalue weighted by atomic mass is 32.2. The highest BCUT2D eigenvalue weighted by Gasteiger charge is 2.26. The molecule has 2 amide bonds. The van der Waals surface area contributed by atoms with Crippen LogP contribution in [0.5, 0.6) is 0 Å². The van der Waals surface area contributed by atoms with Gasteiger partial charge in [0.2, 0.25) is 21.8 Å². The summed E-state index contributed by atoms with van der Waals surface area (Å²) in [4.78, 5) is 27.2. The first-order valence-electron chi connectivity index (χ1n) is 11.4. The molecule has 0 saturated heterocycles. The van der Waals surface area contributed by atoms with Crippen molar-refractivity contribution in [1.29, 1.82) is 0 Å². The standard InChI is InChI=1S/C25H34FN3O4S/c1-5-15-27-25(31)20(3)28(18-21-11-13-22(26)14-12-21)24(30)10-7-16-29(34(4,32)33)23-9-6-8-19(2)17-23/h6,8-9,11-14,17,20H,5,7,10,15-16,18H2,1-4H3,(H,27,31)/t20-/m0/s1. The van der Waals surface area contributed by atoms with Crippen molar-refractivity contribution in [1.82, 2.24) is 10.2 Å². The second-order valence-electron chi connectivity index (χ2n) is 8.39. The molecule has 2 aromatic carbocycles. The summed E-state index contributed by atoms with van der Waals surface area (Å²) in [5.74, 6) is -0.927. The summed E-state index contributed by atoms with van der Waals surface area (Å²) in [6.45, 7) is 6.26. The van der Waals surface area contributed by atoms with Crippen LogP contribution in [0, 0.1) is 12.7 Å². The molecule has 0 radical (unpaired) electrons. The Morgan fingerprint density at radius 2 is 1.79 bits per heavy atom. The van der Waals surface area contributed by atoms with Gasteiger partial charge in [-0.15, -0.1) is 0 Å². The molecule has 1 N–H and O–H groups in total. The molecule has 7 nitrogen and oxygen atoms in total. The predicted molar refractivity (Wildman–Crippen MR) is 132 cm³/mol. The molecule has 0 unspecified atom stereocenters. The summed E-state index contributed by atoms with van der Waals surface area (Å²) in [6.07, 6.45) is 2.25. The minimum absolute atomic E-state index is 0.0599. The molecule has 0 aliphatic heterocycles. The van der Waals surface area contributed by atoms with Crippen LogP contribution in [0.1, 0.15) is 44.2 Å². The molecular weight excluding hydrogens is 457 g/mol. The Morgan fingerprint density at radius 1 is 1.12 bits per heavy atom. The Morgan fingerprint density at radius 3 is 2.38 bits per heavy atom. The van der Waals surface area contributed by atoms with Crippen LogP contribution < -0.4 is 9.62 Å². The van der Waals surface area contributed by atoms with Gasteiger partial charge in [-0.25, -0.2) is 12.8 Å². The van der Waals surface area contributed by atoms with Crippen molar-refractivity contribution in [3.8, 4) is 0 Å². The van der Waals surface area contributed by atoms with E-state index in [0.717, 1.165) is 18.2 Å². The molecule has 0 aliphatic carbocycles. The van der Waals surface area contributed by atoms with Gasteiger partial charge in [-0.2, -0.15) is 0 Å². The van der Waals surface area contributed by atoms with Crippen LogP contribution in [0.15, 0.2) is 48.5 Å². The summed E-state index contributed by atoms with van der Waals surface area (Å²) in [7, 11) is -3.54. The molecule has 9 heteroatoms. The van der Waals surface area contributed by atoms with Crippen LogP contribution in [-0.4, -0.2) is 50.5 Å². The number of nitrogens with one attached hydrogen (secondary N) is 1. The molecule has 0 aromatic heterocycles. The summed E-state index contributed by atoms with van der Waals surface area (Å²) in [6, 6.07) is 12.2. The Balaban J connectivity index is 2.14. The minimum atomic E-state index is -3.54. The maximum absolute atomic E-state index is 13.3. The number of nitrogens with zero attached hydrogens (tertiary/aromatic N) is 2. The maximum atomic E-state index is 13.3. The largest absolute Gasteiger partial charge is 0.354 e. The average molecular weight is 492 g/mol. The van der Waals surface area contributed by atoms with Crippen molar-refractivity contribution < 1.29 is 22.4 Å². The van der Waals surface area contributed by atoms with E-state index in [4.69, 9.17) is 0 Å². The van der Waals surface area contributed by atoms with E-state index in [1.807, 2.05) is 19.9 Å². The second kappa shape index (κ2) is 12.5. The fourth-order valence-electron chi connectivity index (χ4n) is 3.55. The number of sulfonamides is 1. The van der Waals surface area contributed by atoms with Gasteiger partial charge in [-0.3, -0.25) is 13.9 Å². The van der Waals surface area contributed by atoms with E-state index in [2.05, 4.69) is 5.32 Å². The molecule has 186 valence electrons. The molecule has 34 heavy (non-hydrogen) atoms. The van der Waals surface area contributed by atoms with Gasteiger partial charge >= 0.3 is 0 Å². The zero-order chi connectivity index (χ0) is 25.3. The summed E-state index contributed by atoms with van der Waals surface area (Å²) >= 11 is 0. The number of aryl methyl sites for hydroxylation is 1. The average Bonchev–Trinajstić information content (AvgIpc) is 2.78. The molecule has 0 heterocycles. The number of amides is 2. The normalized spacial score (nSPS) is 12.1. The third kappa shape index (κ3) is 8.13. The minimum Gasteiger partial charge on any atom is -0.354 e. The molecule has 2 rings (SSSR count). The van der Waals surface area contributed by atoms with Crippen molar-refractivity contribution in [3.05, 3.63) is 65.5 Å². The maximum Gasteiger partial charge on any atom is 0.242 e. The quantitative estimate of drug-likeness (QED) is 0.491. The Hall–Kier alpha value is -2.94. The molecule has 2 aromatic rings. The Kier molecular flexibility index (Phi) is 10.0. The molecule has 0 spiro atoms. The summed E-state index contributed by atoms with van der Waals surface area (Å²) in [5.41, 5.74) is 2.17. The van der Waals surface area contributed by atoms with Crippen molar-refractivity contribution in [2.24, 2.45) is 0 Å². The van der Waals surface area contributed by atoms with Crippen LogP contribution in [-0.2, 0) is 26.2 Å². The first-order chi connectivity index (χ1) is 16.0. The predicted octanol–water partition coefficient (Wildman–Crippen LogP) is 3.62. The second-order valence-corrected chi connectivity index (χ2v) is 10.3. The van der Waals surface area contributed by atoms with Crippen molar-refractivity contribution in [2.75, 3.05) is 23.7 Å². The van der Waals surface area contributed by atoms with Gasteiger partial charge in [0.05, 0.1) is 11.9 Å².